The Morgan fingerprint density at radius 3 is 2.67 bits per heavy atom. The predicted molar refractivity (Wildman–Crippen MR) is 81.6 cm³/mol. The molecule has 1 N–H and O–H groups in total. The van der Waals surface area contributed by atoms with Gasteiger partial charge in [0, 0.05) is 12.6 Å². The Morgan fingerprint density at radius 2 is 2.05 bits per heavy atom. The molecule has 0 bridgehead atoms. The van der Waals surface area contributed by atoms with Crippen LogP contribution in [0, 0.1) is 5.92 Å². The van der Waals surface area contributed by atoms with Crippen LogP contribution in [0.1, 0.15) is 25.8 Å². The molecule has 0 aliphatic heterocycles. The summed E-state index contributed by atoms with van der Waals surface area (Å²) in [6.45, 7) is 4.84. The summed E-state index contributed by atoms with van der Waals surface area (Å²) >= 11 is 0. The molecule has 0 saturated carbocycles. The summed E-state index contributed by atoms with van der Waals surface area (Å²) in [5.74, 6) is 0.424. The first-order valence-corrected chi connectivity index (χ1v) is 7.32. The molecule has 0 saturated heterocycles. The van der Waals surface area contributed by atoms with E-state index in [1.165, 1.54) is 5.56 Å². The maximum atomic E-state index is 12.1. The summed E-state index contributed by atoms with van der Waals surface area (Å²) in [4.78, 5) is 12.1. The number of nitrogens with zero attached hydrogens (tertiary/aromatic N) is 3. The molecule has 5 nitrogen and oxygen atoms in total. The lowest BCUT2D eigenvalue weighted by Gasteiger charge is -2.22. The van der Waals surface area contributed by atoms with Gasteiger partial charge in [0.1, 0.15) is 0 Å². The lowest BCUT2D eigenvalue weighted by atomic mass is 10.0. The molecule has 0 fully saturated rings. The Kier molecular flexibility index (Phi) is 5.49. The van der Waals surface area contributed by atoms with Crippen molar-refractivity contribution < 1.29 is 4.79 Å². The van der Waals surface area contributed by atoms with Crippen LogP contribution in [0.3, 0.4) is 0 Å². The number of carbonyl (C=O) groups is 1. The third kappa shape index (κ3) is 5.02. The highest BCUT2D eigenvalue weighted by Gasteiger charge is 2.17. The first-order valence-electron chi connectivity index (χ1n) is 7.32. The van der Waals surface area contributed by atoms with Gasteiger partial charge in [-0.2, -0.15) is 0 Å². The molecule has 0 radical (unpaired) electrons. The Bertz CT molecular complexity index is 537. The molecule has 0 aliphatic rings. The van der Waals surface area contributed by atoms with E-state index < -0.39 is 0 Å². The van der Waals surface area contributed by atoms with Crippen molar-refractivity contribution >= 4 is 5.91 Å². The van der Waals surface area contributed by atoms with Gasteiger partial charge in [-0.25, -0.2) is 0 Å². The molecule has 0 spiro atoms. The SMILES string of the molecule is CC(C)[C@H](Cn1ccnn1)NC(=O)CCc1ccccc1. The van der Waals surface area contributed by atoms with Crippen molar-refractivity contribution in [3.8, 4) is 0 Å². The Morgan fingerprint density at radius 1 is 1.29 bits per heavy atom. The zero-order valence-corrected chi connectivity index (χ0v) is 12.6. The largest absolute Gasteiger partial charge is 0.351 e. The summed E-state index contributed by atoms with van der Waals surface area (Å²) in [6, 6.07) is 10.1. The smallest absolute Gasteiger partial charge is 0.220 e. The van der Waals surface area contributed by atoms with Crippen LogP contribution in [0.15, 0.2) is 42.7 Å². The fourth-order valence-electron chi connectivity index (χ4n) is 2.14. The molecule has 1 heterocycles. The molecule has 2 rings (SSSR count). The minimum absolute atomic E-state index is 0.0648. The van der Waals surface area contributed by atoms with Crippen molar-refractivity contribution in [3.05, 3.63) is 48.3 Å². The molecule has 1 aromatic heterocycles. The van der Waals surface area contributed by atoms with Crippen molar-refractivity contribution in [3.63, 3.8) is 0 Å². The Labute approximate surface area is 125 Å². The number of benzene rings is 1. The standard InChI is InChI=1S/C16H22N4O/c1-13(2)15(12-20-11-10-17-19-20)18-16(21)9-8-14-6-4-3-5-7-14/h3-7,10-11,13,15H,8-9,12H2,1-2H3,(H,18,21)/t15-/m0/s1. The highest BCUT2D eigenvalue weighted by Crippen LogP contribution is 2.06. The summed E-state index contributed by atoms with van der Waals surface area (Å²) in [5, 5.41) is 10.8. The van der Waals surface area contributed by atoms with E-state index in [1.54, 1.807) is 10.9 Å². The number of rotatable bonds is 7. The average molecular weight is 286 g/mol. The second kappa shape index (κ2) is 7.57. The third-order valence-electron chi connectivity index (χ3n) is 3.49. The number of amides is 1. The van der Waals surface area contributed by atoms with Gasteiger partial charge in [0.2, 0.25) is 5.91 Å². The average Bonchev–Trinajstić information content (AvgIpc) is 2.98. The van der Waals surface area contributed by atoms with Crippen molar-refractivity contribution in [2.45, 2.75) is 39.3 Å². The number of aromatic nitrogens is 3. The number of hydrogen-bond donors (Lipinski definition) is 1. The molecule has 112 valence electrons. The van der Waals surface area contributed by atoms with Crippen LogP contribution in [-0.4, -0.2) is 26.9 Å². The van der Waals surface area contributed by atoms with Crippen LogP contribution in [-0.2, 0) is 17.8 Å². The zero-order valence-electron chi connectivity index (χ0n) is 12.6. The van der Waals surface area contributed by atoms with Gasteiger partial charge in [-0.05, 0) is 17.9 Å². The molecule has 1 aromatic carbocycles. The molecule has 21 heavy (non-hydrogen) atoms. The van der Waals surface area contributed by atoms with Crippen molar-refractivity contribution in [1.82, 2.24) is 20.3 Å². The van der Waals surface area contributed by atoms with Gasteiger partial charge >= 0.3 is 0 Å². The van der Waals surface area contributed by atoms with Crippen molar-refractivity contribution in [1.29, 1.82) is 0 Å². The lowest BCUT2D eigenvalue weighted by molar-refractivity contribution is -0.122. The van der Waals surface area contributed by atoms with Crippen LogP contribution < -0.4 is 5.32 Å². The highest BCUT2D eigenvalue weighted by molar-refractivity contribution is 5.76. The number of aryl methyl sites for hydroxylation is 1. The van der Waals surface area contributed by atoms with Gasteiger partial charge in [-0.1, -0.05) is 49.4 Å². The summed E-state index contributed by atoms with van der Waals surface area (Å²) in [6.07, 6.45) is 4.73. The normalized spacial score (nSPS) is 12.3. The number of carbonyl (C=O) groups excluding carboxylic acids is 1. The fourth-order valence-corrected chi connectivity index (χ4v) is 2.14. The third-order valence-corrected chi connectivity index (χ3v) is 3.49. The molecule has 0 aliphatic carbocycles. The second-order valence-corrected chi connectivity index (χ2v) is 5.53. The molecule has 0 unspecified atom stereocenters. The molecule has 1 atom stereocenters. The first kappa shape index (κ1) is 15.2. The minimum atomic E-state index is 0.0648. The van der Waals surface area contributed by atoms with Gasteiger partial charge in [-0.3, -0.25) is 9.48 Å². The maximum absolute atomic E-state index is 12.1. The molecule has 1 amide bonds. The Balaban J connectivity index is 1.83. The zero-order chi connectivity index (χ0) is 15.1. The summed E-state index contributed by atoms with van der Waals surface area (Å²) in [7, 11) is 0. The highest BCUT2D eigenvalue weighted by atomic mass is 16.1. The lowest BCUT2D eigenvalue weighted by Crippen LogP contribution is -2.41. The molecular weight excluding hydrogens is 264 g/mol. The van der Waals surface area contributed by atoms with E-state index in [-0.39, 0.29) is 11.9 Å². The van der Waals surface area contributed by atoms with E-state index in [0.717, 1.165) is 6.42 Å². The minimum Gasteiger partial charge on any atom is -0.351 e. The molecular formula is C16H22N4O. The van der Waals surface area contributed by atoms with Crippen molar-refractivity contribution in [2.75, 3.05) is 0 Å². The van der Waals surface area contributed by atoms with Crippen LogP contribution in [0.25, 0.3) is 0 Å². The van der Waals surface area contributed by atoms with E-state index in [4.69, 9.17) is 0 Å². The number of hydrogen-bond acceptors (Lipinski definition) is 3. The van der Waals surface area contributed by atoms with Gasteiger partial charge in [-0.15, -0.1) is 5.10 Å². The maximum Gasteiger partial charge on any atom is 0.220 e. The van der Waals surface area contributed by atoms with E-state index in [1.807, 2.05) is 36.5 Å². The van der Waals surface area contributed by atoms with Gasteiger partial charge in [0.25, 0.3) is 0 Å². The van der Waals surface area contributed by atoms with E-state index in [9.17, 15) is 4.79 Å². The predicted octanol–water partition coefficient (Wildman–Crippen LogP) is 2.05. The fraction of sp³-hybridized carbons (Fsp3) is 0.438. The van der Waals surface area contributed by atoms with E-state index in [0.29, 0.717) is 18.9 Å². The van der Waals surface area contributed by atoms with Gasteiger partial charge in [0.15, 0.2) is 0 Å². The van der Waals surface area contributed by atoms with E-state index in [2.05, 4.69) is 29.5 Å². The van der Waals surface area contributed by atoms with E-state index >= 15 is 0 Å². The van der Waals surface area contributed by atoms with Crippen LogP contribution in [0.5, 0.6) is 0 Å². The van der Waals surface area contributed by atoms with Crippen LogP contribution in [0.2, 0.25) is 0 Å². The molecule has 5 heteroatoms. The quantitative estimate of drug-likeness (QED) is 0.847. The van der Waals surface area contributed by atoms with Crippen LogP contribution >= 0.6 is 0 Å². The van der Waals surface area contributed by atoms with Crippen molar-refractivity contribution in [2.24, 2.45) is 5.92 Å². The first-order chi connectivity index (χ1) is 10.1. The topological polar surface area (TPSA) is 59.8 Å². The summed E-state index contributed by atoms with van der Waals surface area (Å²) < 4.78 is 1.75. The van der Waals surface area contributed by atoms with Crippen LogP contribution in [0.4, 0.5) is 0 Å². The Hall–Kier alpha value is -2.17. The summed E-state index contributed by atoms with van der Waals surface area (Å²) in [5.41, 5.74) is 1.19. The van der Waals surface area contributed by atoms with Gasteiger partial charge in [0.05, 0.1) is 18.8 Å². The number of nitrogens with one attached hydrogen (secondary N) is 1. The molecule has 2 aromatic rings. The monoisotopic (exact) mass is 286 g/mol. The van der Waals surface area contributed by atoms with Gasteiger partial charge < -0.3 is 5.32 Å². The second-order valence-electron chi connectivity index (χ2n) is 5.53.